The zero-order chi connectivity index (χ0) is 18.9. The first-order valence-corrected chi connectivity index (χ1v) is 9.83. The van der Waals surface area contributed by atoms with Crippen LogP contribution in [0.15, 0.2) is 35.4 Å². The fourth-order valence-electron chi connectivity index (χ4n) is 4.57. The van der Waals surface area contributed by atoms with Crippen LogP contribution in [0.5, 0.6) is 11.5 Å². The van der Waals surface area contributed by atoms with Crippen LogP contribution in [0.25, 0.3) is 0 Å². The molecule has 2 aliphatic rings. The summed E-state index contributed by atoms with van der Waals surface area (Å²) >= 11 is 0. The molecular weight excluding hydrogens is 324 g/mol. The summed E-state index contributed by atoms with van der Waals surface area (Å²) in [5, 5.41) is 10.9. The lowest BCUT2D eigenvalue weighted by Crippen LogP contribution is -2.46. The van der Waals surface area contributed by atoms with Gasteiger partial charge in [0.2, 0.25) is 5.79 Å². The van der Waals surface area contributed by atoms with E-state index in [1.54, 1.807) is 7.11 Å². The minimum Gasteiger partial charge on any atom is -0.507 e. The van der Waals surface area contributed by atoms with Crippen LogP contribution < -0.4 is 4.74 Å². The second-order valence-electron chi connectivity index (χ2n) is 7.86. The standard InChI is InChI=1S/C23H32O3/c1-6-8-9-16(7-2)17-12-20(24)22-19-14-23(25-5,26-21(22)13-17)11-10-18(19)15(3)4/h6,8,12-13,16,19,24H,7,9-11,14H2,1-5H3. The number of benzene rings is 1. The highest BCUT2D eigenvalue weighted by Gasteiger charge is 2.47. The van der Waals surface area contributed by atoms with Gasteiger partial charge in [0.05, 0.1) is 0 Å². The van der Waals surface area contributed by atoms with Crippen LogP contribution in [0, 0.1) is 0 Å². The first-order valence-electron chi connectivity index (χ1n) is 9.83. The van der Waals surface area contributed by atoms with Gasteiger partial charge in [0.25, 0.3) is 0 Å². The van der Waals surface area contributed by atoms with Gasteiger partial charge in [-0.15, -0.1) is 0 Å². The molecule has 3 nitrogen and oxygen atoms in total. The third-order valence-corrected chi connectivity index (χ3v) is 6.13. The predicted molar refractivity (Wildman–Crippen MR) is 106 cm³/mol. The molecule has 3 heteroatoms. The maximum Gasteiger partial charge on any atom is 0.211 e. The summed E-state index contributed by atoms with van der Waals surface area (Å²) in [5.41, 5.74) is 4.85. The van der Waals surface area contributed by atoms with E-state index in [1.807, 2.05) is 13.0 Å². The zero-order valence-electron chi connectivity index (χ0n) is 16.8. The van der Waals surface area contributed by atoms with Gasteiger partial charge in [-0.2, -0.15) is 0 Å². The van der Waals surface area contributed by atoms with Gasteiger partial charge < -0.3 is 14.6 Å². The fraction of sp³-hybridized carbons (Fsp3) is 0.565. The van der Waals surface area contributed by atoms with Gasteiger partial charge in [-0.1, -0.05) is 30.2 Å². The van der Waals surface area contributed by atoms with Crippen molar-refractivity contribution in [1.29, 1.82) is 0 Å². The summed E-state index contributed by atoms with van der Waals surface area (Å²) in [7, 11) is 1.74. The highest BCUT2D eigenvalue weighted by molar-refractivity contribution is 5.55. The Hall–Kier alpha value is -1.74. The van der Waals surface area contributed by atoms with E-state index in [2.05, 4.69) is 39.0 Å². The molecule has 3 rings (SSSR count). The van der Waals surface area contributed by atoms with Gasteiger partial charge >= 0.3 is 0 Å². The minimum atomic E-state index is -0.563. The van der Waals surface area contributed by atoms with Gasteiger partial charge in [0, 0.05) is 31.4 Å². The average molecular weight is 357 g/mol. The van der Waals surface area contributed by atoms with Crippen molar-refractivity contribution >= 4 is 0 Å². The van der Waals surface area contributed by atoms with E-state index in [9.17, 15) is 5.11 Å². The molecule has 142 valence electrons. The zero-order valence-corrected chi connectivity index (χ0v) is 16.8. The summed E-state index contributed by atoms with van der Waals surface area (Å²) in [6.45, 7) is 8.57. The third-order valence-electron chi connectivity index (χ3n) is 6.13. The van der Waals surface area contributed by atoms with Gasteiger partial charge in [-0.05, 0) is 63.6 Å². The monoisotopic (exact) mass is 356 g/mol. The second-order valence-corrected chi connectivity index (χ2v) is 7.86. The van der Waals surface area contributed by atoms with Gasteiger partial charge in [0.15, 0.2) is 0 Å². The topological polar surface area (TPSA) is 38.7 Å². The summed E-state index contributed by atoms with van der Waals surface area (Å²) in [4.78, 5) is 0. The van der Waals surface area contributed by atoms with Crippen molar-refractivity contribution in [3.8, 4) is 11.5 Å². The summed E-state index contributed by atoms with van der Waals surface area (Å²) < 4.78 is 12.2. The van der Waals surface area contributed by atoms with E-state index >= 15 is 0 Å². The molecule has 26 heavy (non-hydrogen) atoms. The number of ether oxygens (including phenoxy) is 2. The number of phenolic OH excluding ortho intramolecular Hbond substituents is 1. The Labute approximate surface area is 157 Å². The molecule has 2 bridgehead atoms. The molecule has 0 amide bonds. The van der Waals surface area contributed by atoms with Crippen LogP contribution >= 0.6 is 0 Å². The quantitative estimate of drug-likeness (QED) is 0.639. The number of hydrogen-bond donors (Lipinski definition) is 1. The van der Waals surface area contributed by atoms with Crippen LogP contribution in [0.2, 0.25) is 0 Å². The van der Waals surface area contributed by atoms with Crippen molar-refractivity contribution in [2.45, 2.75) is 77.4 Å². The molecule has 0 aromatic heterocycles. The highest BCUT2D eigenvalue weighted by atomic mass is 16.7. The largest absolute Gasteiger partial charge is 0.507 e. The number of aromatic hydroxyl groups is 1. The lowest BCUT2D eigenvalue weighted by Gasteiger charge is -2.46. The second kappa shape index (κ2) is 7.48. The average Bonchev–Trinajstić information content (AvgIpc) is 2.61. The number of hydrogen-bond acceptors (Lipinski definition) is 3. The maximum absolute atomic E-state index is 10.9. The van der Waals surface area contributed by atoms with Crippen molar-refractivity contribution in [3.63, 3.8) is 0 Å². The lowest BCUT2D eigenvalue weighted by atomic mass is 9.72. The molecule has 0 saturated heterocycles. The maximum atomic E-state index is 10.9. The predicted octanol–water partition coefficient (Wildman–Crippen LogP) is 6.19. The molecule has 1 aliphatic heterocycles. The normalized spacial score (nSPS) is 25.7. The Kier molecular flexibility index (Phi) is 5.47. The molecule has 3 atom stereocenters. The summed E-state index contributed by atoms with van der Waals surface area (Å²) in [6, 6.07) is 4.09. The van der Waals surface area contributed by atoms with Crippen LogP contribution in [-0.2, 0) is 4.74 Å². The molecule has 1 N–H and O–H groups in total. The number of fused-ring (bicyclic) bond motifs is 4. The first-order chi connectivity index (χ1) is 12.4. The number of allylic oxidation sites excluding steroid dienone is 4. The van der Waals surface area contributed by atoms with Crippen molar-refractivity contribution in [1.82, 2.24) is 0 Å². The Morgan fingerprint density at radius 1 is 1.42 bits per heavy atom. The third kappa shape index (κ3) is 3.29. The Balaban J connectivity index is 2.09. The fourth-order valence-corrected chi connectivity index (χ4v) is 4.57. The van der Waals surface area contributed by atoms with Crippen molar-refractivity contribution in [2.75, 3.05) is 7.11 Å². The van der Waals surface area contributed by atoms with Crippen LogP contribution in [0.4, 0.5) is 0 Å². The van der Waals surface area contributed by atoms with E-state index in [4.69, 9.17) is 9.47 Å². The van der Waals surface area contributed by atoms with Crippen LogP contribution in [-0.4, -0.2) is 18.0 Å². The van der Waals surface area contributed by atoms with E-state index in [1.165, 1.54) is 11.1 Å². The Morgan fingerprint density at radius 2 is 2.19 bits per heavy atom. The molecule has 1 heterocycles. The molecule has 3 unspecified atom stereocenters. The SMILES string of the molecule is CC=CCC(CC)c1cc(O)c2c(c1)OC1(OC)CCC(=C(C)C)C2C1. The van der Waals surface area contributed by atoms with Crippen molar-refractivity contribution in [3.05, 3.63) is 46.6 Å². The van der Waals surface area contributed by atoms with Gasteiger partial charge in [-0.3, -0.25) is 0 Å². The minimum absolute atomic E-state index is 0.183. The van der Waals surface area contributed by atoms with Crippen LogP contribution in [0.1, 0.15) is 82.8 Å². The molecule has 1 saturated carbocycles. The summed E-state index contributed by atoms with van der Waals surface area (Å²) in [5.74, 6) is 1.17. The molecule has 1 aromatic carbocycles. The Morgan fingerprint density at radius 3 is 2.81 bits per heavy atom. The molecule has 0 radical (unpaired) electrons. The molecule has 0 spiro atoms. The molecule has 1 aliphatic carbocycles. The molecule has 1 fully saturated rings. The van der Waals surface area contributed by atoms with E-state index in [0.717, 1.165) is 49.0 Å². The summed E-state index contributed by atoms with van der Waals surface area (Å²) in [6.07, 6.45) is 8.88. The van der Waals surface area contributed by atoms with E-state index < -0.39 is 5.79 Å². The van der Waals surface area contributed by atoms with Crippen LogP contribution in [0.3, 0.4) is 0 Å². The molecule has 1 aromatic rings. The van der Waals surface area contributed by atoms with E-state index in [0.29, 0.717) is 11.7 Å². The Bertz CT molecular complexity index is 727. The lowest BCUT2D eigenvalue weighted by molar-refractivity contribution is -0.189. The van der Waals surface area contributed by atoms with Gasteiger partial charge in [0.1, 0.15) is 11.5 Å². The van der Waals surface area contributed by atoms with E-state index in [-0.39, 0.29) is 5.92 Å². The smallest absolute Gasteiger partial charge is 0.211 e. The molecular formula is C23H32O3. The number of methoxy groups -OCH3 is 1. The first kappa shape index (κ1) is 19.0. The van der Waals surface area contributed by atoms with Gasteiger partial charge in [-0.25, -0.2) is 0 Å². The number of phenols is 1. The van der Waals surface area contributed by atoms with Crippen molar-refractivity contribution < 1.29 is 14.6 Å². The number of rotatable bonds is 5. The highest BCUT2D eigenvalue weighted by Crippen LogP contribution is 2.55. The van der Waals surface area contributed by atoms with Crippen molar-refractivity contribution in [2.24, 2.45) is 0 Å².